The summed E-state index contributed by atoms with van der Waals surface area (Å²) >= 11 is 0. The van der Waals surface area contributed by atoms with E-state index < -0.39 is 21.0 Å². The molecule has 0 saturated carbocycles. The number of carbonyl (C=O) groups excluding carboxylic acids is 1. The minimum absolute atomic E-state index is 0.00217. The number of amides is 1. The van der Waals surface area contributed by atoms with Gasteiger partial charge in [0.05, 0.1) is 6.26 Å². The van der Waals surface area contributed by atoms with Crippen molar-refractivity contribution in [2.24, 2.45) is 0 Å². The summed E-state index contributed by atoms with van der Waals surface area (Å²) in [5.41, 5.74) is 0.356. The molecule has 27 heavy (non-hydrogen) atoms. The maximum atomic E-state index is 12.6. The number of nitrogens with one attached hydrogen (secondary N) is 1. The van der Waals surface area contributed by atoms with Crippen molar-refractivity contribution in [2.45, 2.75) is 11.3 Å². The van der Waals surface area contributed by atoms with Gasteiger partial charge in [-0.15, -0.1) is 0 Å². The van der Waals surface area contributed by atoms with E-state index in [1.165, 1.54) is 12.3 Å². The maximum Gasteiger partial charge on any atom is 0.310 e. The Bertz CT molecular complexity index is 951. The van der Waals surface area contributed by atoms with Gasteiger partial charge in [0, 0.05) is 12.6 Å². The molecule has 1 aromatic carbocycles. The van der Waals surface area contributed by atoms with Crippen molar-refractivity contribution in [3.63, 3.8) is 0 Å². The van der Waals surface area contributed by atoms with Gasteiger partial charge in [0.25, 0.3) is 5.91 Å². The van der Waals surface area contributed by atoms with Crippen molar-refractivity contribution in [3.05, 3.63) is 60.0 Å². The maximum absolute atomic E-state index is 12.6. The quantitative estimate of drug-likeness (QED) is 0.542. The topological polar surface area (TPSA) is 68.3 Å². The minimum Gasteiger partial charge on any atom is -0.461 e. The van der Waals surface area contributed by atoms with Crippen molar-refractivity contribution in [1.82, 2.24) is 10.5 Å². The lowest BCUT2D eigenvalue weighted by atomic mass is 10.1. The van der Waals surface area contributed by atoms with E-state index in [-0.39, 0.29) is 24.4 Å². The normalized spacial score (nSPS) is 14.4. The highest BCUT2D eigenvalue weighted by atomic mass is 32.5. The first-order valence-electron chi connectivity index (χ1n) is 7.54. The van der Waals surface area contributed by atoms with Crippen LogP contribution in [0.2, 0.25) is 0 Å². The fourth-order valence-corrected chi connectivity index (χ4v) is 2.89. The number of hydrogen-bond acceptors (Lipinski definition) is 4. The third-order valence-electron chi connectivity index (χ3n) is 3.57. The molecule has 11 heteroatoms. The molecule has 0 atom stereocenters. The number of rotatable bonds is 6. The fourth-order valence-electron chi connectivity index (χ4n) is 2.24. The van der Waals surface area contributed by atoms with Gasteiger partial charge >= 0.3 is 10.2 Å². The summed E-state index contributed by atoms with van der Waals surface area (Å²) in [6.45, 7) is 0.0670. The number of carbonyl (C=O) groups is 1. The van der Waals surface area contributed by atoms with Crippen LogP contribution in [0.4, 0.5) is 19.4 Å². The standard InChI is InChI=1S/C16H13F5N2O3S/c17-27(18,19,20,21)12-5-3-11(4-6-12)7-8-22-16(24)13-10-15(26-23-13)14-2-1-9-25-14/h1-6,9-10H,7-8H2,(H,22,24). The third-order valence-corrected chi connectivity index (χ3v) is 4.74. The lowest BCUT2D eigenvalue weighted by Gasteiger charge is -2.40. The number of nitrogens with zero attached hydrogens (tertiary/aromatic N) is 1. The molecule has 0 aliphatic carbocycles. The Morgan fingerprint density at radius 3 is 2.33 bits per heavy atom. The predicted octanol–water partition coefficient (Wildman–Crippen LogP) is 5.56. The molecule has 0 unspecified atom stereocenters. The van der Waals surface area contributed by atoms with Crippen molar-refractivity contribution in [3.8, 4) is 11.5 Å². The Morgan fingerprint density at radius 1 is 1.04 bits per heavy atom. The second-order valence-corrected chi connectivity index (χ2v) is 8.08. The van der Waals surface area contributed by atoms with E-state index >= 15 is 0 Å². The predicted molar refractivity (Wildman–Crippen MR) is 88.1 cm³/mol. The van der Waals surface area contributed by atoms with Crippen LogP contribution in [0.15, 0.2) is 62.6 Å². The Labute approximate surface area is 149 Å². The zero-order valence-corrected chi connectivity index (χ0v) is 14.3. The summed E-state index contributed by atoms with van der Waals surface area (Å²) in [5, 5.41) is 6.11. The van der Waals surface area contributed by atoms with Gasteiger partial charge in [-0.3, -0.25) is 4.79 Å². The van der Waals surface area contributed by atoms with E-state index in [0.717, 1.165) is 12.1 Å². The Balaban J connectivity index is 1.56. The van der Waals surface area contributed by atoms with Gasteiger partial charge in [-0.25, -0.2) is 0 Å². The molecule has 0 aliphatic rings. The van der Waals surface area contributed by atoms with Gasteiger partial charge in [0.2, 0.25) is 5.76 Å². The molecule has 3 rings (SSSR count). The van der Waals surface area contributed by atoms with Crippen LogP contribution < -0.4 is 5.32 Å². The van der Waals surface area contributed by atoms with Gasteiger partial charge in [-0.2, -0.15) is 0 Å². The monoisotopic (exact) mass is 408 g/mol. The number of furan rings is 1. The number of benzene rings is 1. The average Bonchev–Trinajstić information content (AvgIpc) is 3.24. The molecule has 0 bridgehead atoms. The second-order valence-electron chi connectivity index (χ2n) is 5.67. The zero-order chi connectivity index (χ0) is 19.8. The molecule has 2 heterocycles. The van der Waals surface area contributed by atoms with Crippen molar-refractivity contribution in [2.75, 3.05) is 6.54 Å². The molecule has 146 valence electrons. The van der Waals surface area contributed by atoms with E-state index in [0.29, 0.717) is 23.5 Å². The number of halogens is 5. The molecule has 1 amide bonds. The summed E-state index contributed by atoms with van der Waals surface area (Å²) in [7, 11) is -9.67. The number of aromatic nitrogens is 1. The Kier molecular flexibility index (Phi) is 4.10. The summed E-state index contributed by atoms with van der Waals surface area (Å²) < 4.78 is 73.3. The van der Waals surface area contributed by atoms with E-state index in [2.05, 4.69) is 10.5 Å². The number of hydrogen-bond donors (Lipinski definition) is 1. The summed E-state index contributed by atoms with van der Waals surface area (Å²) in [5.74, 6) is 0.0995. The highest BCUT2D eigenvalue weighted by Crippen LogP contribution is 3.02. The van der Waals surface area contributed by atoms with Crippen LogP contribution in [-0.2, 0) is 6.42 Å². The van der Waals surface area contributed by atoms with Crippen LogP contribution in [0.1, 0.15) is 16.1 Å². The largest absolute Gasteiger partial charge is 0.461 e. The molecule has 0 aliphatic heterocycles. The molecule has 5 nitrogen and oxygen atoms in total. The molecule has 0 spiro atoms. The SMILES string of the molecule is O=C(NCCc1ccc(S(F)(F)(F)(F)F)cc1)c1cc(-c2ccco2)on1. The van der Waals surface area contributed by atoms with Crippen LogP contribution in [0.25, 0.3) is 11.5 Å². The molecule has 0 fully saturated rings. The van der Waals surface area contributed by atoms with Crippen LogP contribution in [0, 0.1) is 0 Å². The molecular formula is C16H13F5N2O3S. The van der Waals surface area contributed by atoms with Crippen molar-refractivity contribution >= 4 is 16.1 Å². The first kappa shape index (κ1) is 19.0. The van der Waals surface area contributed by atoms with Gasteiger partial charge < -0.3 is 14.3 Å². The van der Waals surface area contributed by atoms with Crippen molar-refractivity contribution in [1.29, 1.82) is 0 Å². The van der Waals surface area contributed by atoms with Crippen molar-refractivity contribution < 1.29 is 33.2 Å². The first-order valence-corrected chi connectivity index (χ1v) is 9.49. The van der Waals surface area contributed by atoms with Crippen LogP contribution in [0.5, 0.6) is 0 Å². The van der Waals surface area contributed by atoms with Crippen LogP contribution in [-0.4, -0.2) is 17.6 Å². The van der Waals surface area contributed by atoms with Gasteiger partial charge in [0.1, 0.15) is 4.90 Å². The second kappa shape index (κ2) is 5.84. The van der Waals surface area contributed by atoms with E-state index in [4.69, 9.17) is 8.94 Å². The van der Waals surface area contributed by atoms with Crippen LogP contribution >= 0.6 is 10.2 Å². The minimum atomic E-state index is -9.67. The summed E-state index contributed by atoms with van der Waals surface area (Å²) in [6, 6.07) is 7.21. The molecule has 0 saturated heterocycles. The van der Waals surface area contributed by atoms with Gasteiger partial charge in [-0.05, 0) is 36.2 Å². The third kappa shape index (κ3) is 4.67. The zero-order valence-electron chi connectivity index (χ0n) is 13.5. The highest BCUT2D eigenvalue weighted by molar-refractivity contribution is 8.45. The Morgan fingerprint density at radius 2 is 1.74 bits per heavy atom. The summed E-state index contributed by atoms with van der Waals surface area (Å²) in [4.78, 5) is 10.0. The smallest absolute Gasteiger partial charge is 0.310 e. The molecule has 0 radical (unpaired) electrons. The van der Waals surface area contributed by atoms with E-state index in [1.807, 2.05) is 0 Å². The lowest BCUT2D eigenvalue weighted by Crippen LogP contribution is -2.25. The summed E-state index contributed by atoms with van der Waals surface area (Å²) in [6.07, 6.45) is 1.58. The fraction of sp³-hybridized carbons (Fsp3) is 0.125. The molecular weight excluding hydrogens is 395 g/mol. The molecule has 1 N–H and O–H groups in total. The van der Waals surface area contributed by atoms with Gasteiger partial charge in [0.15, 0.2) is 11.5 Å². The van der Waals surface area contributed by atoms with Gasteiger partial charge in [-0.1, -0.05) is 36.7 Å². The Hall–Kier alpha value is -2.82. The molecule has 3 aromatic rings. The first-order chi connectivity index (χ1) is 12.4. The lowest BCUT2D eigenvalue weighted by molar-refractivity contribution is 0.0945. The average molecular weight is 408 g/mol. The highest BCUT2D eigenvalue weighted by Gasteiger charge is 2.65. The van der Waals surface area contributed by atoms with E-state index in [9.17, 15) is 24.2 Å². The molecule has 2 aromatic heterocycles. The van der Waals surface area contributed by atoms with Crippen LogP contribution in [0.3, 0.4) is 0 Å². The van der Waals surface area contributed by atoms with E-state index in [1.54, 1.807) is 12.1 Å².